The second-order valence-electron chi connectivity index (χ2n) is 5.54. The van der Waals surface area contributed by atoms with Gasteiger partial charge in [-0.25, -0.2) is 4.39 Å². The first kappa shape index (κ1) is 20.2. The summed E-state index contributed by atoms with van der Waals surface area (Å²) in [5.41, 5.74) is 1.70. The Balaban J connectivity index is 1.83. The van der Waals surface area contributed by atoms with Crippen molar-refractivity contribution < 1.29 is 9.18 Å². The second-order valence-corrected chi connectivity index (χ2v) is 8.59. The van der Waals surface area contributed by atoms with E-state index in [0.717, 1.165) is 9.90 Å². The Morgan fingerprint density at radius 1 is 1.37 bits per heavy atom. The van der Waals surface area contributed by atoms with Crippen LogP contribution >= 0.6 is 46.7 Å². The minimum absolute atomic E-state index is 0.180. The van der Waals surface area contributed by atoms with Gasteiger partial charge in [-0.3, -0.25) is 9.48 Å². The van der Waals surface area contributed by atoms with Crippen LogP contribution in [0.15, 0.2) is 33.5 Å². The van der Waals surface area contributed by atoms with Crippen molar-refractivity contribution in [2.24, 2.45) is 0 Å². The minimum atomic E-state index is -0.387. The van der Waals surface area contributed by atoms with Crippen LogP contribution in [0.3, 0.4) is 0 Å². The molecule has 5 nitrogen and oxygen atoms in total. The molecule has 0 unspecified atom stereocenters. The molecule has 2 heterocycles. The summed E-state index contributed by atoms with van der Waals surface area (Å²) >= 11 is 10.3. The van der Waals surface area contributed by atoms with Gasteiger partial charge in [0, 0.05) is 22.3 Å². The average molecular weight is 443 g/mol. The van der Waals surface area contributed by atoms with Crippen LogP contribution in [0.1, 0.15) is 21.6 Å². The maximum Gasteiger partial charge on any atom is 0.261 e. The summed E-state index contributed by atoms with van der Waals surface area (Å²) in [5.74, 6) is -0.247. The highest BCUT2D eigenvalue weighted by atomic mass is 35.5. The van der Waals surface area contributed by atoms with E-state index in [2.05, 4.69) is 14.8 Å². The number of aromatic nitrogens is 3. The number of nitrogens with one attached hydrogen (secondary N) is 1. The van der Waals surface area contributed by atoms with E-state index in [9.17, 15) is 9.18 Å². The van der Waals surface area contributed by atoms with Crippen molar-refractivity contribution in [1.29, 1.82) is 0 Å². The molecule has 0 saturated heterocycles. The lowest BCUT2D eigenvalue weighted by Crippen LogP contribution is -2.14. The van der Waals surface area contributed by atoms with Gasteiger partial charge in [-0.05, 0) is 43.1 Å². The average Bonchev–Trinajstić information content (AvgIpc) is 3.21. The van der Waals surface area contributed by atoms with Crippen molar-refractivity contribution in [2.75, 3.05) is 17.8 Å². The molecule has 0 aliphatic carbocycles. The van der Waals surface area contributed by atoms with Crippen LogP contribution in [-0.2, 0) is 6.54 Å². The Bertz CT molecular complexity index is 947. The lowest BCUT2D eigenvalue weighted by Gasteiger charge is -2.08. The fourth-order valence-electron chi connectivity index (χ4n) is 2.47. The van der Waals surface area contributed by atoms with Gasteiger partial charge in [0.15, 0.2) is 5.82 Å². The fraction of sp³-hybridized carbons (Fsp3) is 0.235. The smallest absolute Gasteiger partial charge is 0.261 e. The minimum Gasteiger partial charge on any atom is -0.305 e. The van der Waals surface area contributed by atoms with Crippen LogP contribution in [0.2, 0.25) is 5.02 Å². The number of halogens is 2. The summed E-state index contributed by atoms with van der Waals surface area (Å²) in [5, 5.41) is 8.22. The van der Waals surface area contributed by atoms with Gasteiger partial charge in [-0.15, -0.1) is 23.5 Å². The van der Waals surface area contributed by atoms with Gasteiger partial charge in [0.05, 0.1) is 16.3 Å². The van der Waals surface area contributed by atoms with E-state index < -0.39 is 0 Å². The number of aryl methyl sites for hydroxylation is 1. The zero-order valence-electron chi connectivity index (χ0n) is 14.7. The molecule has 0 aliphatic heterocycles. The van der Waals surface area contributed by atoms with E-state index in [-0.39, 0.29) is 18.3 Å². The van der Waals surface area contributed by atoms with Gasteiger partial charge in [0.25, 0.3) is 5.91 Å². The first-order chi connectivity index (χ1) is 12.9. The van der Waals surface area contributed by atoms with Crippen LogP contribution in [-0.4, -0.2) is 32.6 Å². The molecule has 0 saturated carbocycles. The standard InChI is InChI=1S/C17H16ClFN4OS3/c1-9-7-13(20-15(24)14-16(25-2)22-27-17(14)26-3)21-23(9)8-10-11(18)5-4-6-12(10)19/h4-7H,8H2,1-3H3,(H,20,21,24). The summed E-state index contributed by atoms with van der Waals surface area (Å²) in [6.45, 7) is 2.02. The largest absolute Gasteiger partial charge is 0.305 e. The number of amides is 1. The number of nitrogens with zero attached hydrogens (tertiary/aromatic N) is 3. The third kappa shape index (κ3) is 4.31. The van der Waals surface area contributed by atoms with E-state index in [1.54, 1.807) is 22.9 Å². The summed E-state index contributed by atoms with van der Waals surface area (Å²) < 4.78 is 20.8. The molecule has 0 fully saturated rings. The van der Waals surface area contributed by atoms with Crippen LogP contribution in [0.4, 0.5) is 10.2 Å². The molecular weight excluding hydrogens is 427 g/mol. The first-order valence-electron chi connectivity index (χ1n) is 7.81. The molecule has 3 rings (SSSR count). The van der Waals surface area contributed by atoms with Crippen LogP contribution in [0, 0.1) is 12.7 Å². The molecular formula is C17H16ClFN4OS3. The van der Waals surface area contributed by atoms with Crippen LogP contribution < -0.4 is 5.32 Å². The molecule has 0 bridgehead atoms. The highest BCUT2D eigenvalue weighted by Crippen LogP contribution is 2.33. The molecule has 3 aromatic rings. The van der Waals surface area contributed by atoms with E-state index >= 15 is 0 Å². The fourth-order valence-corrected chi connectivity index (χ4v) is 4.98. The zero-order chi connectivity index (χ0) is 19.6. The SMILES string of the molecule is CSc1nsc(SC)c1C(=O)Nc1cc(C)n(Cc2c(F)cccc2Cl)n1. The van der Waals surface area contributed by atoms with Gasteiger partial charge in [0.2, 0.25) is 0 Å². The molecule has 2 aromatic heterocycles. The Kier molecular flexibility index (Phi) is 6.46. The van der Waals surface area contributed by atoms with Crippen LogP contribution in [0.25, 0.3) is 0 Å². The van der Waals surface area contributed by atoms with E-state index in [4.69, 9.17) is 11.6 Å². The Hall–Kier alpha value is -1.55. The summed E-state index contributed by atoms with van der Waals surface area (Å²) in [7, 11) is 0. The van der Waals surface area contributed by atoms with Crippen molar-refractivity contribution in [2.45, 2.75) is 22.7 Å². The van der Waals surface area contributed by atoms with Gasteiger partial charge >= 0.3 is 0 Å². The maximum atomic E-state index is 14.0. The second kappa shape index (κ2) is 8.64. The number of carbonyl (C=O) groups is 1. The highest BCUT2D eigenvalue weighted by Gasteiger charge is 2.21. The summed E-state index contributed by atoms with van der Waals surface area (Å²) in [6.07, 6.45) is 3.79. The monoisotopic (exact) mass is 442 g/mol. The topological polar surface area (TPSA) is 59.8 Å². The van der Waals surface area contributed by atoms with Crippen molar-refractivity contribution >= 4 is 58.4 Å². The molecule has 1 N–H and O–H groups in total. The third-order valence-corrected chi connectivity index (χ3v) is 6.92. The molecule has 0 spiro atoms. The zero-order valence-corrected chi connectivity index (χ0v) is 18.0. The van der Waals surface area contributed by atoms with Gasteiger partial charge < -0.3 is 5.32 Å². The molecule has 0 atom stereocenters. The number of rotatable bonds is 6. The van der Waals surface area contributed by atoms with E-state index in [1.807, 2.05) is 19.4 Å². The molecule has 27 heavy (non-hydrogen) atoms. The highest BCUT2D eigenvalue weighted by molar-refractivity contribution is 8.01. The summed E-state index contributed by atoms with van der Waals surface area (Å²) in [6, 6.07) is 6.30. The first-order valence-corrected chi connectivity index (χ1v) is 11.4. The van der Waals surface area contributed by atoms with Crippen molar-refractivity contribution in [3.05, 3.63) is 51.9 Å². The number of thioether (sulfide) groups is 2. The van der Waals surface area contributed by atoms with Gasteiger partial charge in [-0.2, -0.15) is 9.47 Å². The van der Waals surface area contributed by atoms with E-state index in [0.29, 0.717) is 27.0 Å². The number of benzene rings is 1. The number of hydrogen-bond donors (Lipinski definition) is 1. The number of hydrogen-bond acceptors (Lipinski definition) is 6. The van der Waals surface area contributed by atoms with Gasteiger partial charge in [0.1, 0.15) is 10.8 Å². The maximum absolute atomic E-state index is 14.0. The molecule has 0 radical (unpaired) electrons. The number of carbonyl (C=O) groups excluding carboxylic acids is 1. The van der Waals surface area contributed by atoms with Gasteiger partial charge in [-0.1, -0.05) is 17.7 Å². The lowest BCUT2D eigenvalue weighted by molar-refractivity contribution is 0.102. The van der Waals surface area contributed by atoms with Crippen molar-refractivity contribution in [1.82, 2.24) is 14.2 Å². The Morgan fingerprint density at radius 2 is 2.15 bits per heavy atom. The molecule has 10 heteroatoms. The van der Waals surface area contributed by atoms with Crippen LogP contribution in [0.5, 0.6) is 0 Å². The lowest BCUT2D eigenvalue weighted by atomic mass is 10.2. The Morgan fingerprint density at radius 3 is 2.81 bits per heavy atom. The molecule has 1 amide bonds. The quantitative estimate of drug-likeness (QED) is 0.532. The van der Waals surface area contributed by atoms with E-state index in [1.165, 1.54) is 41.1 Å². The molecule has 1 aromatic carbocycles. The number of anilines is 1. The molecule has 142 valence electrons. The van der Waals surface area contributed by atoms with Crippen molar-refractivity contribution in [3.8, 4) is 0 Å². The Labute approximate surface area is 173 Å². The third-order valence-electron chi connectivity index (χ3n) is 3.83. The predicted molar refractivity (Wildman–Crippen MR) is 111 cm³/mol. The molecule has 0 aliphatic rings. The predicted octanol–water partition coefficient (Wildman–Crippen LogP) is 5.18. The summed E-state index contributed by atoms with van der Waals surface area (Å²) in [4.78, 5) is 12.7. The normalized spacial score (nSPS) is 11.0. The van der Waals surface area contributed by atoms with Crippen molar-refractivity contribution in [3.63, 3.8) is 0 Å².